The number of anilines is 1. The summed E-state index contributed by atoms with van der Waals surface area (Å²) in [5, 5.41) is 0. The first-order chi connectivity index (χ1) is 7.34. The number of nitrogens with two attached hydrogens (primary N) is 1. The zero-order valence-corrected chi connectivity index (χ0v) is 8.78. The Morgan fingerprint density at radius 1 is 1.33 bits per heavy atom. The second-order valence-corrected chi connectivity index (χ2v) is 4.34. The van der Waals surface area contributed by atoms with E-state index in [0.717, 1.165) is 24.5 Å². The van der Waals surface area contributed by atoms with Crippen LogP contribution in [0.1, 0.15) is 24.4 Å². The van der Waals surface area contributed by atoms with Gasteiger partial charge in [-0.15, -0.1) is 0 Å². The summed E-state index contributed by atoms with van der Waals surface area (Å²) in [6.45, 7) is 3.28. The third-order valence-electron chi connectivity index (χ3n) is 3.38. The minimum atomic E-state index is 0.558. The summed E-state index contributed by atoms with van der Waals surface area (Å²) in [4.78, 5) is 2.53. The first kappa shape index (κ1) is 9.04. The van der Waals surface area contributed by atoms with E-state index >= 15 is 0 Å². The number of hydrogen-bond donors (Lipinski definition) is 1. The molecule has 1 unspecified atom stereocenters. The number of benzene rings is 1. The molecule has 0 spiro atoms. The van der Waals surface area contributed by atoms with Crippen LogP contribution in [0.2, 0.25) is 0 Å². The Labute approximate surface area is 89.8 Å². The van der Waals surface area contributed by atoms with Crippen molar-refractivity contribution in [3.63, 3.8) is 0 Å². The summed E-state index contributed by atoms with van der Waals surface area (Å²) in [6.07, 6.45) is 2.44. The normalized spacial score (nSPS) is 25.2. The van der Waals surface area contributed by atoms with Gasteiger partial charge in [0.05, 0.1) is 6.61 Å². The molecule has 1 fully saturated rings. The Hall–Kier alpha value is -1.22. The Morgan fingerprint density at radius 2 is 2.20 bits per heavy atom. The van der Waals surface area contributed by atoms with Gasteiger partial charge in [0.15, 0.2) is 0 Å². The molecule has 1 aromatic rings. The smallest absolute Gasteiger partial charge is 0.126 e. The average Bonchev–Trinajstić information content (AvgIpc) is 2.15. The second-order valence-electron chi connectivity index (χ2n) is 4.34. The third-order valence-corrected chi connectivity index (χ3v) is 3.38. The average molecular weight is 204 g/mol. The van der Waals surface area contributed by atoms with Crippen molar-refractivity contribution in [1.82, 2.24) is 4.90 Å². The van der Waals surface area contributed by atoms with Crippen LogP contribution in [0.4, 0.5) is 5.69 Å². The van der Waals surface area contributed by atoms with Gasteiger partial charge >= 0.3 is 0 Å². The molecule has 1 aromatic carbocycles. The van der Waals surface area contributed by atoms with Crippen LogP contribution in [-0.2, 0) is 0 Å². The summed E-state index contributed by atoms with van der Waals surface area (Å²) in [5.74, 6) is 0.984. The Kier molecular flexibility index (Phi) is 2.06. The van der Waals surface area contributed by atoms with Crippen molar-refractivity contribution in [2.45, 2.75) is 18.9 Å². The van der Waals surface area contributed by atoms with Crippen LogP contribution in [0, 0.1) is 0 Å². The van der Waals surface area contributed by atoms with Crippen molar-refractivity contribution >= 4 is 5.69 Å². The second kappa shape index (κ2) is 3.42. The van der Waals surface area contributed by atoms with Crippen molar-refractivity contribution in [1.29, 1.82) is 0 Å². The number of nitrogen functional groups attached to an aromatic ring is 1. The van der Waals surface area contributed by atoms with Gasteiger partial charge in [-0.2, -0.15) is 0 Å². The molecule has 3 rings (SSSR count). The Balaban J connectivity index is 1.95. The van der Waals surface area contributed by atoms with E-state index in [2.05, 4.69) is 11.0 Å². The van der Waals surface area contributed by atoms with E-state index < -0.39 is 0 Å². The molecule has 0 bridgehead atoms. The Morgan fingerprint density at radius 3 is 2.93 bits per heavy atom. The summed E-state index contributed by atoms with van der Waals surface area (Å²) in [7, 11) is 0. The molecular weight excluding hydrogens is 188 g/mol. The molecule has 0 aliphatic carbocycles. The van der Waals surface area contributed by atoms with E-state index in [1.165, 1.54) is 25.1 Å². The number of hydrogen-bond acceptors (Lipinski definition) is 3. The van der Waals surface area contributed by atoms with E-state index in [1.807, 2.05) is 12.1 Å². The molecule has 15 heavy (non-hydrogen) atoms. The zero-order valence-electron chi connectivity index (χ0n) is 8.78. The van der Waals surface area contributed by atoms with Gasteiger partial charge in [0.2, 0.25) is 0 Å². The predicted molar refractivity (Wildman–Crippen MR) is 59.9 cm³/mol. The molecule has 3 nitrogen and oxygen atoms in total. The SMILES string of the molecule is Nc1ccc2c(c1)OCCC2N1CCC1. The summed E-state index contributed by atoms with van der Waals surface area (Å²) >= 11 is 0. The van der Waals surface area contributed by atoms with Crippen LogP contribution < -0.4 is 10.5 Å². The van der Waals surface area contributed by atoms with Gasteiger partial charge in [0.1, 0.15) is 5.75 Å². The topological polar surface area (TPSA) is 38.5 Å². The maximum absolute atomic E-state index is 5.76. The van der Waals surface area contributed by atoms with E-state index in [4.69, 9.17) is 10.5 Å². The highest BCUT2D eigenvalue weighted by Crippen LogP contribution is 2.38. The molecule has 2 N–H and O–H groups in total. The predicted octanol–water partition coefficient (Wildman–Crippen LogP) is 1.80. The van der Waals surface area contributed by atoms with E-state index in [1.54, 1.807) is 0 Å². The third kappa shape index (κ3) is 1.47. The molecule has 80 valence electrons. The number of rotatable bonds is 1. The molecule has 3 heteroatoms. The first-order valence-corrected chi connectivity index (χ1v) is 5.61. The van der Waals surface area contributed by atoms with Crippen LogP contribution in [0.15, 0.2) is 18.2 Å². The number of ether oxygens (including phenoxy) is 1. The molecule has 0 aromatic heterocycles. The maximum Gasteiger partial charge on any atom is 0.126 e. The van der Waals surface area contributed by atoms with Gasteiger partial charge in [-0.25, -0.2) is 0 Å². The van der Waals surface area contributed by atoms with E-state index in [0.29, 0.717) is 6.04 Å². The van der Waals surface area contributed by atoms with Crippen molar-refractivity contribution in [3.8, 4) is 5.75 Å². The fraction of sp³-hybridized carbons (Fsp3) is 0.500. The highest BCUT2D eigenvalue weighted by atomic mass is 16.5. The first-order valence-electron chi connectivity index (χ1n) is 5.61. The van der Waals surface area contributed by atoms with Crippen LogP contribution in [0.25, 0.3) is 0 Å². The van der Waals surface area contributed by atoms with Gasteiger partial charge in [-0.1, -0.05) is 6.07 Å². The fourth-order valence-electron chi connectivity index (χ4n) is 2.42. The molecule has 0 amide bonds. The molecule has 2 aliphatic rings. The maximum atomic E-state index is 5.76. The molecule has 2 aliphatic heterocycles. The van der Waals surface area contributed by atoms with Crippen molar-refractivity contribution in [3.05, 3.63) is 23.8 Å². The quantitative estimate of drug-likeness (QED) is 0.709. The number of fused-ring (bicyclic) bond motifs is 1. The lowest BCUT2D eigenvalue weighted by atomic mass is 9.96. The highest BCUT2D eigenvalue weighted by Gasteiger charge is 2.30. The molecular formula is C12H16N2O. The number of likely N-dealkylation sites (tertiary alicyclic amines) is 1. The lowest BCUT2D eigenvalue weighted by molar-refractivity contribution is 0.0842. The lowest BCUT2D eigenvalue weighted by Gasteiger charge is -2.41. The van der Waals surface area contributed by atoms with Crippen molar-refractivity contribution < 1.29 is 4.74 Å². The summed E-state index contributed by atoms with van der Waals surface area (Å²) in [5.41, 5.74) is 7.86. The van der Waals surface area contributed by atoms with E-state index in [-0.39, 0.29) is 0 Å². The van der Waals surface area contributed by atoms with Gasteiger partial charge in [0, 0.05) is 29.8 Å². The summed E-state index contributed by atoms with van der Waals surface area (Å²) < 4.78 is 5.65. The zero-order chi connectivity index (χ0) is 10.3. The summed E-state index contributed by atoms with van der Waals surface area (Å²) in [6, 6.07) is 6.59. The minimum absolute atomic E-state index is 0.558. The van der Waals surface area contributed by atoms with E-state index in [9.17, 15) is 0 Å². The standard InChI is InChI=1S/C12H16N2O/c13-9-2-3-10-11(14-5-1-6-14)4-7-15-12(10)8-9/h2-3,8,11H,1,4-7,13H2. The monoisotopic (exact) mass is 204 g/mol. The van der Waals surface area contributed by atoms with Crippen LogP contribution in [0.5, 0.6) is 5.75 Å². The number of nitrogens with zero attached hydrogens (tertiary/aromatic N) is 1. The fourth-order valence-corrected chi connectivity index (χ4v) is 2.42. The molecule has 0 radical (unpaired) electrons. The van der Waals surface area contributed by atoms with Crippen molar-refractivity contribution in [2.75, 3.05) is 25.4 Å². The largest absolute Gasteiger partial charge is 0.493 e. The minimum Gasteiger partial charge on any atom is -0.493 e. The van der Waals surface area contributed by atoms with Crippen molar-refractivity contribution in [2.24, 2.45) is 0 Å². The van der Waals surface area contributed by atoms with Crippen LogP contribution >= 0.6 is 0 Å². The lowest BCUT2D eigenvalue weighted by Crippen LogP contribution is -2.42. The van der Waals surface area contributed by atoms with Gasteiger partial charge in [-0.05, 0) is 25.6 Å². The van der Waals surface area contributed by atoms with Crippen LogP contribution in [-0.4, -0.2) is 24.6 Å². The van der Waals surface area contributed by atoms with Crippen LogP contribution in [0.3, 0.4) is 0 Å². The van der Waals surface area contributed by atoms with Gasteiger partial charge < -0.3 is 10.5 Å². The van der Waals surface area contributed by atoms with Gasteiger partial charge in [-0.3, -0.25) is 4.90 Å². The van der Waals surface area contributed by atoms with Gasteiger partial charge in [0.25, 0.3) is 0 Å². The molecule has 0 saturated carbocycles. The molecule has 2 heterocycles. The molecule has 1 atom stereocenters. The highest BCUT2D eigenvalue weighted by molar-refractivity contribution is 5.50. The molecule has 1 saturated heterocycles. The Bertz CT molecular complexity index is 374.